The lowest BCUT2D eigenvalue weighted by molar-refractivity contribution is -0.117. The molecule has 0 bridgehead atoms. The van der Waals surface area contributed by atoms with Gasteiger partial charge in [0.1, 0.15) is 11.5 Å². The molecule has 2 aromatic carbocycles. The fraction of sp³-hybridized carbons (Fsp3) is 0.333. The Balaban J connectivity index is 1.74. The van der Waals surface area contributed by atoms with Gasteiger partial charge in [-0.1, -0.05) is 0 Å². The van der Waals surface area contributed by atoms with E-state index in [4.69, 9.17) is 9.47 Å². The Labute approximate surface area is 189 Å². The summed E-state index contributed by atoms with van der Waals surface area (Å²) in [6.45, 7) is 1.97. The first-order valence-corrected chi connectivity index (χ1v) is 12.0. The second-order valence-corrected chi connectivity index (χ2v) is 9.95. The molecular weight excluding hydrogens is 488 g/mol. The molecule has 8 nitrogen and oxygen atoms in total. The number of hydrogen-bond donors (Lipinski definition) is 1. The summed E-state index contributed by atoms with van der Waals surface area (Å²) < 4.78 is 36.7. The minimum atomic E-state index is -3.77. The van der Waals surface area contributed by atoms with Crippen molar-refractivity contribution in [1.82, 2.24) is 0 Å². The number of methoxy groups -OCH3 is 2. The second-order valence-electron chi connectivity index (χ2n) is 7.02. The quantitative estimate of drug-likeness (QED) is 0.613. The highest BCUT2D eigenvalue weighted by molar-refractivity contribution is 9.10. The Morgan fingerprint density at radius 1 is 1.16 bits per heavy atom. The van der Waals surface area contributed by atoms with Crippen LogP contribution in [-0.4, -0.2) is 46.7 Å². The van der Waals surface area contributed by atoms with Gasteiger partial charge in [-0.05, 0) is 52.2 Å². The van der Waals surface area contributed by atoms with E-state index in [9.17, 15) is 18.0 Å². The Morgan fingerprint density at radius 2 is 1.90 bits per heavy atom. The molecule has 0 fully saturated rings. The van der Waals surface area contributed by atoms with Crippen molar-refractivity contribution in [2.75, 3.05) is 36.7 Å². The SMILES string of the molecule is COc1ccc(NC(=O)CCS(=O)(=O)c2cc3c(cc2Br)CCN3C(C)=O)c(OC)c1. The highest BCUT2D eigenvalue weighted by atomic mass is 79.9. The van der Waals surface area contributed by atoms with Crippen LogP contribution in [0.1, 0.15) is 18.9 Å². The van der Waals surface area contributed by atoms with Gasteiger partial charge in [0, 0.05) is 36.1 Å². The van der Waals surface area contributed by atoms with Crippen molar-refractivity contribution in [3.05, 3.63) is 40.4 Å². The summed E-state index contributed by atoms with van der Waals surface area (Å²) in [7, 11) is -0.791. The van der Waals surface area contributed by atoms with Crippen molar-refractivity contribution in [2.24, 2.45) is 0 Å². The fourth-order valence-electron chi connectivity index (χ4n) is 3.40. The summed E-state index contributed by atoms with van der Waals surface area (Å²) in [5, 5.41) is 2.67. The van der Waals surface area contributed by atoms with Gasteiger partial charge < -0.3 is 19.7 Å². The minimum absolute atomic E-state index is 0.0641. The number of halogens is 1. The smallest absolute Gasteiger partial charge is 0.225 e. The van der Waals surface area contributed by atoms with Crippen LogP contribution in [0.4, 0.5) is 11.4 Å². The van der Waals surface area contributed by atoms with Gasteiger partial charge in [0.25, 0.3) is 0 Å². The maximum atomic E-state index is 12.9. The highest BCUT2D eigenvalue weighted by Crippen LogP contribution is 2.36. The molecule has 0 aromatic heterocycles. The van der Waals surface area contributed by atoms with Gasteiger partial charge in [0.15, 0.2) is 9.84 Å². The molecule has 31 heavy (non-hydrogen) atoms. The van der Waals surface area contributed by atoms with Gasteiger partial charge in [-0.3, -0.25) is 9.59 Å². The number of fused-ring (bicyclic) bond motifs is 1. The van der Waals surface area contributed by atoms with Crippen LogP contribution in [0.2, 0.25) is 0 Å². The summed E-state index contributed by atoms with van der Waals surface area (Å²) in [5.41, 5.74) is 1.92. The normalized spacial score (nSPS) is 13.0. The van der Waals surface area contributed by atoms with Crippen molar-refractivity contribution in [3.8, 4) is 11.5 Å². The summed E-state index contributed by atoms with van der Waals surface area (Å²) in [6, 6.07) is 8.14. The number of hydrogen-bond acceptors (Lipinski definition) is 6. The molecule has 2 aromatic rings. The number of nitrogens with one attached hydrogen (secondary N) is 1. The van der Waals surface area contributed by atoms with Crippen molar-refractivity contribution < 1.29 is 27.5 Å². The molecule has 166 valence electrons. The monoisotopic (exact) mass is 510 g/mol. The Morgan fingerprint density at radius 3 is 2.55 bits per heavy atom. The summed E-state index contributed by atoms with van der Waals surface area (Å²) >= 11 is 3.32. The minimum Gasteiger partial charge on any atom is -0.497 e. The molecule has 1 aliphatic heterocycles. The zero-order valence-electron chi connectivity index (χ0n) is 17.4. The summed E-state index contributed by atoms with van der Waals surface area (Å²) in [4.78, 5) is 25.9. The number of sulfone groups is 1. The number of nitrogens with zero attached hydrogens (tertiary/aromatic N) is 1. The molecule has 0 radical (unpaired) electrons. The highest BCUT2D eigenvalue weighted by Gasteiger charge is 2.28. The third kappa shape index (κ3) is 5.01. The molecular formula is C21H23BrN2O6S. The van der Waals surface area contributed by atoms with Crippen LogP contribution in [0.25, 0.3) is 0 Å². The van der Waals surface area contributed by atoms with Crippen LogP contribution in [0.5, 0.6) is 11.5 Å². The maximum Gasteiger partial charge on any atom is 0.225 e. The van der Waals surface area contributed by atoms with Crippen LogP contribution in [0, 0.1) is 0 Å². The Hall–Kier alpha value is -2.59. The number of carbonyl (C=O) groups is 2. The molecule has 10 heteroatoms. The van der Waals surface area contributed by atoms with Crippen molar-refractivity contribution >= 4 is 49.0 Å². The van der Waals surface area contributed by atoms with Gasteiger partial charge >= 0.3 is 0 Å². The third-order valence-corrected chi connectivity index (χ3v) is 7.69. The number of benzene rings is 2. The number of rotatable bonds is 7. The summed E-state index contributed by atoms with van der Waals surface area (Å²) in [5.74, 6) is -0.0129. The zero-order valence-corrected chi connectivity index (χ0v) is 19.8. The van der Waals surface area contributed by atoms with E-state index in [0.717, 1.165) is 5.56 Å². The molecule has 0 atom stereocenters. The van der Waals surface area contributed by atoms with E-state index in [1.54, 1.807) is 29.2 Å². The second kappa shape index (κ2) is 9.27. The van der Waals surface area contributed by atoms with E-state index >= 15 is 0 Å². The first-order valence-electron chi connectivity index (χ1n) is 9.51. The molecule has 1 heterocycles. The van der Waals surface area contributed by atoms with Crippen molar-refractivity contribution in [2.45, 2.75) is 24.7 Å². The fourth-order valence-corrected chi connectivity index (χ4v) is 5.86. The van der Waals surface area contributed by atoms with Crippen LogP contribution in [0.15, 0.2) is 39.7 Å². The lowest BCUT2D eigenvalue weighted by Crippen LogP contribution is -2.26. The van der Waals surface area contributed by atoms with Crippen LogP contribution in [0.3, 0.4) is 0 Å². The molecule has 1 N–H and O–H groups in total. The molecule has 0 spiro atoms. The van der Waals surface area contributed by atoms with E-state index in [2.05, 4.69) is 21.2 Å². The average molecular weight is 511 g/mol. The molecule has 2 amide bonds. The lowest BCUT2D eigenvalue weighted by Gasteiger charge is -2.16. The van der Waals surface area contributed by atoms with Gasteiger partial charge in [-0.2, -0.15) is 0 Å². The van der Waals surface area contributed by atoms with E-state index in [0.29, 0.717) is 40.3 Å². The van der Waals surface area contributed by atoms with Crippen LogP contribution >= 0.6 is 15.9 Å². The third-order valence-electron chi connectivity index (χ3n) is 5.02. The lowest BCUT2D eigenvalue weighted by atomic mass is 10.2. The van der Waals surface area contributed by atoms with Gasteiger partial charge in [0.2, 0.25) is 11.8 Å². The Bertz CT molecular complexity index is 1130. The largest absolute Gasteiger partial charge is 0.497 e. The standard InChI is InChI=1S/C21H23BrN2O6S/c1-13(25)24-8-6-14-10-16(22)20(12-18(14)24)31(27,28)9-7-21(26)23-17-5-4-15(29-2)11-19(17)30-3/h4-5,10-12H,6-9H2,1-3H3,(H,23,26). The molecule has 1 aliphatic rings. The molecule has 0 saturated carbocycles. The zero-order chi connectivity index (χ0) is 22.8. The maximum absolute atomic E-state index is 12.9. The van der Waals surface area contributed by atoms with E-state index < -0.39 is 15.7 Å². The first kappa shape index (κ1) is 23.1. The van der Waals surface area contributed by atoms with Gasteiger partial charge in [0.05, 0.1) is 30.6 Å². The average Bonchev–Trinajstić information content (AvgIpc) is 3.15. The number of anilines is 2. The predicted molar refractivity (Wildman–Crippen MR) is 121 cm³/mol. The molecule has 0 unspecified atom stereocenters. The molecule has 3 rings (SSSR count). The number of ether oxygens (including phenoxy) is 2. The van der Waals surface area contributed by atoms with Crippen molar-refractivity contribution in [1.29, 1.82) is 0 Å². The molecule has 0 aliphatic carbocycles. The van der Waals surface area contributed by atoms with Gasteiger partial charge in [-0.25, -0.2) is 8.42 Å². The number of amides is 2. The number of carbonyl (C=O) groups excluding carboxylic acids is 2. The van der Waals surface area contributed by atoms with E-state index in [1.807, 2.05) is 0 Å². The first-order chi connectivity index (χ1) is 14.7. The predicted octanol–water partition coefficient (Wildman–Crippen LogP) is 3.18. The van der Waals surface area contributed by atoms with Crippen molar-refractivity contribution in [3.63, 3.8) is 0 Å². The summed E-state index contributed by atoms with van der Waals surface area (Å²) in [6.07, 6.45) is 0.428. The van der Waals surface area contributed by atoms with Crippen LogP contribution in [-0.2, 0) is 25.8 Å². The molecule has 0 saturated heterocycles. The van der Waals surface area contributed by atoms with Crippen LogP contribution < -0.4 is 19.7 Å². The topological polar surface area (TPSA) is 102 Å². The van der Waals surface area contributed by atoms with E-state index in [1.165, 1.54) is 27.2 Å². The Kier molecular flexibility index (Phi) is 6.90. The van der Waals surface area contributed by atoms with Gasteiger partial charge in [-0.15, -0.1) is 0 Å². The van der Waals surface area contributed by atoms with E-state index in [-0.39, 0.29) is 23.0 Å².